The Kier molecular flexibility index (Phi) is 2.40. The van der Waals surface area contributed by atoms with E-state index in [1.165, 1.54) is 4.72 Å². The molecular formula is C5H7N3O4S. The number of amides is 1. The maximum Gasteiger partial charge on any atom is 0.419 e. The molecule has 1 heterocycles. The zero-order valence-corrected chi connectivity index (χ0v) is 7.28. The van der Waals surface area contributed by atoms with Crippen molar-refractivity contribution < 1.29 is 18.3 Å². The smallest absolute Gasteiger partial charge is 0.419 e. The maximum absolute atomic E-state index is 11.0. The highest BCUT2D eigenvalue weighted by Gasteiger charge is 2.36. The number of hydrogen-bond donors (Lipinski definition) is 2. The first kappa shape index (κ1) is 9.76. The number of rotatable bonds is 2. The van der Waals surface area contributed by atoms with E-state index in [1.54, 1.807) is 0 Å². The lowest BCUT2D eigenvalue weighted by Gasteiger charge is -2.33. The van der Waals surface area contributed by atoms with Crippen LogP contribution in [0.2, 0.25) is 0 Å². The van der Waals surface area contributed by atoms with Gasteiger partial charge in [-0.25, -0.2) is 9.52 Å². The minimum atomic E-state index is -3.93. The van der Waals surface area contributed by atoms with E-state index in [-0.39, 0.29) is 19.0 Å². The highest BCUT2D eigenvalue weighted by molar-refractivity contribution is 7.87. The monoisotopic (exact) mass is 205 g/mol. The fourth-order valence-corrected chi connectivity index (χ4v) is 1.99. The first-order valence-electron chi connectivity index (χ1n) is 3.36. The molecule has 0 spiro atoms. The summed E-state index contributed by atoms with van der Waals surface area (Å²) in [4.78, 5) is 10.0. The second-order valence-electron chi connectivity index (χ2n) is 2.56. The minimum Gasteiger partial charge on any atom is -0.464 e. The first-order valence-corrected chi connectivity index (χ1v) is 4.80. The van der Waals surface area contributed by atoms with Crippen LogP contribution in [0.1, 0.15) is 0 Å². The fourth-order valence-electron chi connectivity index (χ4n) is 0.891. The van der Waals surface area contributed by atoms with Crippen LogP contribution in [0.4, 0.5) is 4.79 Å². The van der Waals surface area contributed by atoms with Gasteiger partial charge in [-0.3, -0.25) is 0 Å². The number of nitrogens with zero attached hydrogens (tertiary/aromatic N) is 2. The maximum atomic E-state index is 11.0. The number of carboxylic acid groups (broad SMARTS) is 1. The van der Waals surface area contributed by atoms with Gasteiger partial charge in [-0.05, 0) is 0 Å². The Morgan fingerprint density at radius 2 is 2.15 bits per heavy atom. The van der Waals surface area contributed by atoms with E-state index in [9.17, 15) is 13.2 Å². The molecule has 0 aromatic rings. The van der Waals surface area contributed by atoms with Gasteiger partial charge in [0.25, 0.3) is 0 Å². The second-order valence-corrected chi connectivity index (χ2v) is 4.23. The van der Waals surface area contributed by atoms with E-state index in [0.717, 1.165) is 4.31 Å². The average molecular weight is 205 g/mol. The van der Waals surface area contributed by atoms with Crippen LogP contribution in [0.25, 0.3) is 0 Å². The molecule has 1 aliphatic rings. The number of nitrogens with one attached hydrogen (secondary N) is 1. The lowest BCUT2D eigenvalue weighted by Crippen LogP contribution is -2.54. The molecule has 0 saturated carbocycles. The highest BCUT2D eigenvalue weighted by Crippen LogP contribution is 2.17. The summed E-state index contributed by atoms with van der Waals surface area (Å²) >= 11 is 0. The van der Waals surface area contributed by atoms with Crippen LogP contribution in [0.15, 0.2) is 0 Å². The standard InChI is InChI=1S/C5H7N3O4S/c6-1-4-2-8(3-4)13(11,12)7-5(9)10/h4,7H,2-3H2,(H,9,10). The molecule has 8 heteroatoms. The number of hydrogen-bond acceptors (Lipinski definition) is 4. The van der Waals surface area contributed by atoms with E-state index in [2.05, 4.69) is 0 Å². The molecule has 13 heavy (non-hydrogen) atoms. The zero-order valence-electron chi connectivity index (χ0n) is 6.47. The zero-order chi connectivity index (χ0) is 10.1. The topological polar surface area (TPSA) is 111 Å². The van der Waals surface area contributed by atoms with Gasteiger partial charge in [0.15, 0.2) is 0 Å². The van der Waals surface area contributed by atoms with Crippen molar-refractivity contribution in [2.24, 2.45) is 5.92 Å². The van der Waals surface area contributed by atoms with Crippen molar-refractivity contribution in [3.8, 4) is 6.07 Å². The third-order valence-electron chi connectivity index (χ3n) is 1.59. The second kappa shape index (κ2) is 3.20. The summed E-state index contributed by atoms with van der Waals surface area (Å²) in [7, 11) is -3.93. The van der Waals surface area contributed by atoms with Crippen molar-refractivity contribution in [1.82, 2.24) is 9.03 Å². The molecule has 1 amide bonds. The van der Waals surface area contributed by atoms with Crippen LogP contribution >= 0.6 is 0 Å². The van der Waals surface area contributed by atoms with Gasteiger partial charge in [0.2, 0.25) is 0 Å². The molecule has 1 rings (SSSR count). The molecule has 0 radical (unpaired) electrons. The van der Waals surface area contributed by atoms with Crippen molar-refractivity contribution in [2.45, 2.75) is 0 Å². The van der Waals surface area contributed by atoms with Crippen molar-refractivity contribution in [1.29, 1.82) is 5.26 Å². The molecule has 72 valence electrons. The Labute approximate surface area is 74.7 Å². The van der Waals surface area contributed by atoms with E-state index in [4.69, 9.17) is 10.4 Å². The quantitative estimate of drug-likeness (QED) is 0.597. The molecule has 0 aliphatic carbocycles. The lowest BCUT2D eigenvalue weighted by atomic mass is 10.1. The predicted molar refractivity (Wildman–Crippen MR) is 40.8 cm³/mol. The van der Waals surface area contributed by atoms with Gasteiger partial charge in [-0.1, -0.05) is 0 Å². The van der Waals surface area contributed by atoms with Crippen molar-refractivity contribution in [3.05, 3.63) is 0 Å². The molecular weight excluding hydrogens is 198 g/mol. The summed E-state index contributed by atoms with van der Waals surface area (Å²) in [6, 6.07) is 1.88. The minimum absolute atomic E-state index is 0.0547. The Bertz CT molecular complexity index is 350. The van der Waals surface area contributed by atoms with E-state index >= 15 is 0 Å². The highest BCUT2D eigenvalue weighted by atomic mass is 32.2. The molecule has 1 fully saturated rings. The third kappa shape index (κ3) is 2.07. The summed E-state index contributed by atoms with van der Waals surface area (Å²) in [6.45, 7) is 0.109. The molecule has 0 bridgehead atoms. The Morgan fingerprint density at radius 1 is 1.62 bits per heavy atom. The van der Waals surface area contributed by atoms with Crippen molar-refractivity contribution in [3.63, 3.8) is 0 Å². The summed E-state index contributed by atoms with van der Waals surface area (Å²) < 4.78 is 24.3. The predicted octanol–water partition coefficient (Wildman–Crippen LogP) is -1.05. The van der Waals surface area contributed by atoms with Crippen LogP contribution in [-0.4, -0.2) is 37.0 Å². The van der Waals surface area contributed by atoms with Gasteiger partial charge in [0.1, 0.15) is 0 Å². The molecule has 1 aliphatic heterocycles. The molecule has 0 unspecified atom stereocenters. The van der Waals surface area contributed by atoms with Crippen LogP contribution in [0, 0.1) is 17.2 Å². The van der Waals surface area contributed by atoms with Gasteiger partial charge in [-0.15, -0.1) is 0 Å². The molecule has 2 N–H and O–H groups in total. The van der Waals surface area contributed by atoms with Gasteiger partial charge in [0.05, 0.1) is 12.0 Å². The summed E-state index contributed by atoms with van der Waals surface area (Å²) in [5.41, 5.74) is 0. The fraction of sp³-hybridized carbons (Fsp3) is 0.600. The average Bonchev–Trinajstić information content (AvgIpc) is 1.79. The van der Waals surface area contributed by atoms with Crippen LogP contribution in [0.3, 0.4) is 0 Å². The van der Waals surface area contributed by atoms with Crippen LogP contribution in [0.5, 0.6) is 0 Å². The van der Waals surface area contributed by atoms with E-state index in [1.807, 2.05) is 6.07 Å². The van der Waals surface area contributed by atoms with E-state index < -0.39 is 16.3 Å². The number of carbonyl (C=O) groups is 1. The van der Waals surface area contributed by atoms with Crippen molar-refractivity contribution in [2.75, 3.05) is 13.1 Å². The largest absolute Gasteiger partial charge is 0.464 e. The Balaban J connectivity index is 2.56. The first-order chi connectivity index (χ1) is 5.95. The van der Waals surface area contributed by atoms with Gasteiger partial charge >= 0.3 is 16.3 Å². The summed E-state index contributed by atoms with van der Waals surface area (Å²) in [6.07, 6.45) is -1.62. The van der Waals surface area contributed by atoms with Gasteiger partial charge in [-0.2, -0.15) is 18.0 Å². The molecule has 7 nitrogen and oxygen atoms in total. The normalized spacial score (nSPS) is 18.7. The van der Waals surface area contributed by atoms with Crippen LogP contribution in [-0.2, 0) is 10.2 Å². The lowest BCUT2D eigenvalue weighted by molar-refractivity contribution is 0.197. The van der Waals surface area contributed by atoms with Gasteiger partial charge in [0, 0.05) is 13.1 Å². The van der Waals surface area contributed by atoms with E-state index in [0.29, 0.717) is 0 Å². The molecule has 0 aromatic carbocycles. The Hall–Kier alpha value is -1.33. The molecule has 0 atom stereocenters. The number of nitriles is 1. The SMILES string of the molecule is N#CC1CN(S(=O)(=O)NC(=O)O)C1. The summed E-state index contributed by atoms with van der Waals surface area (Å²) in [5, 5.41) is 16.5. The third-order valence-corrected chi connectivity index (χ3v) is 3.00. The Morgan fingerprint density at radius 3 is 2.54 bits per heavy atom. The summed E-state index contributed by atoms with van der Waals surface area (Å²) in [5.74, 6) is -0.328. The molecule has 0 aromatic heterocycles. The van der Waals surface area contributed by atoms with Crippen LogP contribution < -0.4 is 4.72 Å². The molecule has 1 saturated heterocycles. The van der Waals surface area contributed by atoms with Crippen molar-refractivity contribution >= 4 is 16.3 Å². The van der Waals surface area contributed by atoms with Gasteiger partial charge < -0.3 is 5.11 Å².